The van der Waals surface area contributed by atoms with E-state index in [1.165, 1.54) is 0 Å². The molecule has 1 aromatic rings. The van der Waals surface area contributed by atoms with E-state index >= 15 is 0 Å². The highest BCUT2D eigenvalue weighted by molar-refractivity contribution is 8.18. The zero-order valence-electron chi connectivity index (χ0n) is 15.1. The third-order valence-electron chi connectivity index (χ3n) is 3.31. The quantitative estimate of drug-likeness (QED) is 0.532. The van der Waals surface area contributed by atoms with Crippen molar-refractivity contribution < 1.29 is 28.6 Å². The van der Waals surface area contributed by atoms with E-state index in [1.807, 2.05) is 6.92 Å². The number of methoxy groups -OCH3 is 1. The number of benzene rings is 1. The lowest BCUT2D eigenvalue weighted by molar-refractivity contribution is -0.149. The van der Waals surface area contributed by atoms with Crippen molar-refractivity contribution in [3.63, 3.8) is 0 Å². The predicted molar refractivity (Wildman–Crippen MR) is 98.1 cm³/mol. The van der Waals surface area contributed by atoms with Gasteiger partial charge in [0.15, 0.2) is 11.5 Å². The molecule has 140 valence electrons. The summed E-state index contributed by atoms with van der Waals surface area (Å²) in [6, 6.07) is 5.20. The van der Waals surface area contributed by atoms with Gasteiger partial charge in [0, 0.05) is 0 Å². The second-order valence-electron chi connectivity index (χ2n) is 5.65. The summed E-state index contributed by atoms with van der Waals surface area (Å²) in [5, 5.41) is -0.500. The van der Waals surface area contributed by atoms with E-state index in [0.717, 1.165) is 16.7 Å². The molecule has 1 saturated heterocycles. The van der Waals surface area contributed by atoms with Crippen LogP contribution in [0.4, 0.5) is 4.79 Å². The Balaban J connectivity index is 2.19. The van der Waals surface area contributed by atoms with Crippen molar-refractivity contribution in [1.82, 2.24) is 4.90 Å². The molecule has 0 aliphatic carbocycles. The predicted octanol–water partition coefficient (Wildman–Crippen LogP) is 3.08. The first kappa shape index (κ1) is 19.8. The number of ether oxygens (including phenoxy) is 3. The third-order valence-corrected chi connectivity index (χ3v) is 4.22. The van der Waals surface area contributed by atoms with Gasteiger partial charge in [-0.1, -0.05) is 6.07 Å². The van der Waals surface area contributed by atoms with E-state index in [1.54, 1.807) is 45.2 Å². The fourth-order valence-electron chi connectivity index (χ4n) is 2.27. The van der Waals surface area contributed by atoms with E-state index in [9.17, 15) is 14.4 Å². The van der Waals surface area contributed by atoms with Crippen LogP contribution in [-0.2, 0) is 14.3 Å². The molecule has 26 heavy (non-hydrogen) atoms. The largest absolute Gasteiger partial charge is 0.493 e. The number of rotatable bonds is 7. The topological polar surface area (TPSA) is 82.1 Å². The number of hydrogen-bond donors (Lipinski definition) is 0. The monoisotopic (exact) mass is 379 g/mol. The molecule has 8 heteroatoms. The lowest BCUT2D eigenvalue weighted by Gasteiger charge is -2.13. The Labute approximate surface area is 156 Å². The molecular weight excluding hydrogens is 358 g/mol. The van der Waals surface area contributed by atoms with Crippen LogP contribution in [0, 0.1) is 0 Å². The smallest absolute Gasteiger partial charge is 0.326 e. The highest BCUT2D eigenvalue weighted by Gasteiger charge is 2.36. The molecule has 0 radical (unpaired) electrons. The molecule has 0 unspecified atom stereocenters. The van der Waals surface area contributed by atoms with Gasteiger partial charge in [-0.05, 0) is 56.3 Å². The van der Waals surface area contributed by atoms with Gasteiger partial charge in [-0.3, -0.25) is 19.3 Å². The number of thioether (sulfide) groups is 1. The van der Waals surface area contributed by atoms with Crippen molar-refractivity contribution in [2.45, 2.75) is 26.9 Å². The molecule has 0 aromatic heterocycles. The summed E-state index contributed by atoms with van der Waals surface area (Å²) in [6.45, 7) is 5.32. The molecule has 0 atom stereocenters. The summed E-state index contributed by atoms with van der Waals surface area (Å²) in [7, 11) is 1.54. The molecule has 1 heterocycles. The molecule has 2 amide bonds. The van der Waals surface area contributed by atoms with Crippen molar-refractivity contribution in [3.8, 4) is 11.5 Å². The van der Waals surface area contributed by atoms with Gasteiger partial charge in [-0.15, -0.1) is 0 Å². The number of imide groups is 1. The maximum absolute atomic E-state index is 12.4. The van der Waals surface area contributed by atoms with Crippen molar-refractivity contribution in [1.29, 1.82) is 0 Å². The van der Waals surface area contributed by atoms with Gasteiger partial charge >= 0.3 is 5.97 Å². The molecule has 0 bridgehead atoms. The molecule has 2 rings (SSSR count). The summed E-state index contributed by atoms with van der Waals surface area (Å²) < 4.78 is 15.7. The van der Waals surface area contributed by atoms with Gasteiger partial charge in [0.05, 0.1) is 24.7 Å². The molecule has 1 aromatic carbocycles. The maximum atomic E-state index is 12.4. The summed E-state index contributed by atoms with van der Waals surface area (Å²) in [5.41, 5.74) is 0.685. The van der Waals surface area contributed by atoms with E-state index in [-0.39, 0.29) is 11.0 Å². The average molecular weight is 379 g/mol. The number of hydrogen-bond acceptors (Lipinski definition) is 7. The minimum absolute atomic E-state index is 0.236. The Morgan fingerprint density at radius 3 is 2.62 bits per heavy atom. The van der Waals surface area contributed by atoms with Crippen LogP contribution in [0.5, 0.6) is 11.5 Å². The highest BCUT2D eigenvalue weighted by Crippen LogP contribution is 2.34. The zero-order valence-corrected chi connectivity index (χ0v) is 15.9. The fourth-order valence-corrected chi connectivity index (χ4v) is 3.11. The van der Waals surface area contributed by atoms with Gasteiger partial charge in [0.25, 0.3) is 11.1 Å². The SMILES string of the molecule is CCOc1cc(C=C2SC(=O)N(CC(=O)OC(C)C)C2=O)ccc1OC. The number of nitrogens with zero attached hydrogens (tertiary/aromatic N) is 1. The first-order chi connectivity index (χ1) is 12.3. The lowest BCUT2D eigenvalue weighted by Crippen LogP contribution is -2.35. The van der Waals surface area contributed by atoms with Crippen LogP contribution in [0.25, 0.3) is 6.08 Å². The van der Waals surface area contributed by atoms with Gasteiger partial charge in [-0.25, -0.2) is 0 Å². The molecule has 1 aliphatic rings. The molecule has 0 spiro atoms. The number of carbonyl (C=O) groups excluding carboxylic acids is 3. The minimum Gasteiger partial charge on any atom is -0.493 e. The van der Waals surface area contributed by atoms with E-state index in [2.05, 4.69) is 0 Å². The molecule has 1 fully saturated rings. The lowest BCUT2D eigenvalue weighted by atomic mass is 10.2. The van der Waals surface area contributed by atoms with Crippen LogP contribution in [-0.4, -0.2) is 48.4 Å². The average Bonchev–Trinajstić information content (AvgIpc) is 2.82. The van der Waals surface area contributed by atoms with Gasteiger partial charge < -0.3 is 14.2 Å². The number of carbonyl (C=O) groups is 3. The molecular formula is C18H21NO6S. The summed E-state index contributed by atoms with van der Waals surface area (Å²) >= 11 is 0.785. The van der Waals surface area contributed by atoms with Crippen molar-refractivity contribution >= 4 is 35.0 Å². The highest BCUT2D eigenvalue weighted by atomic mass is 32.2. The standard InChI is InChI=1S/C18H21NO6S/c1-5-24-14-8-12(6-7-13(14)23-4)9-15-17(21)19(18(22)26-15)10-16(20)25-11(2)3/h6-9,11H,5,10H2,1-4H3. The molecule has 7 nitrogen and oxygen atoms in total. The van der Waals surface area contributed by atoms with Gasteiger partial charge in [0.1, 0.15) is 6.54 Å². The first-order valence-electron chi connectivity index (χ1n) is 8.11. The van der Waals surface area contributed by atoms with Gasteiger partial charge in [0.2, 0.25) is 0 Å². The fraction of sp³-hybridized carbons (Fsp3) is 0.389. The molecule has 0 N–H and O–H groups in total. The van der Waals surface area contributed by atoms with Gasteiger partial charge in [-0.2, -0.15) is 0 Å². The molecule has 0 saturated carbocycles. The second-order valence-corrected chi connectivity index (χ2v) is 6.64. The Hall–Kier alpha value is -2.48. The Kier molecular flexibility index (Phi) is 6.68. The van der Waals surface area contributed by atoms with Crippen molar-refractivity contribution in [2.75, 3.05) is 20.3 Å². The van der Waals surface area contributed by atoms with Crippen molar-refractivity contribution in [3.05, 3.63) is 28.7 Å². The minimum atomic E-state index is -0.619. The zero-order chi connectivity index (χ0) is 19.3. The Morgan fingerprint density at radius 2 is 2.00 bits per heavy atom. The van der Waals surface area contributed by atoms with E-state index in [4.69, 9.17) is 14.2 Å². The first-order valence-corrected chi connectivity index (χ1v) is 8.93. The number of amides is 2. The third kappa shape index (κ3) is 4.78. The normalized spacial score (nSPS) is 15.7. The summed E-state index contributed by atoms with van der Waals surface area (Å²) in [6.07, 6.45) is 1.27. The second kappa shape index (κ2) is 8.75. The van der Waals surface area contributed by atoms with Crippen LogP contribution in [0.15, 0.2) is 23.1 Å². The Bertz CT molecular complexity index is 743. The summed E-state index contributed by atoms with van der Waals surface area (Å²) in [5.74, 6) is -0.0156. The van der Waals surface area contributed by atoms with Crippen LogP contribution in [0.1, 0.15) is 26.3 Å². The molecule has 1 aliphatic heterocycles. The van der Waals surface area contributed by atoms with Crippen LogP contribution in [0.3, 0.4) is 0 Å². The van der Waals surface area contributed by atoms with E-state index < -0.39 is 23.7 Å². The summed E-state index contributed by atoms with van der Waals surface area (Å²) in [4.78, 5) is 37.3. The van der Waals surface area contributed by atoms with Crippen LogP contribution < -0.4 is 9.47 Å². The number of esters is 1. The van der Waals surface area contributed by atoms with Crippen LogP contribution >= 0.6 is 11.8 Å². The van der Waals surface area contributed by atoms with Crippen molar-refractivity contribution in [2.24, 2.45) is 0 Å². The van der Waals surface area contributed by atoms with E-state index in [0.29, 0.717) is 23.7 Å². The maximum Gasteiger partial charge on any atom is 0.326 e. The van der Waals surface area contributed by atoms with Crippen LogP contribution in [0.2, 0.25) is 0 Å². The Morgan fingerprint density at radius 1 is 1.27 bits per heavy atom.